The third-order valence-corrected chi connectivity index (χ3v) is 3.88. The van der Waals surface area contributed by atoms with Gasteiger partial charge in [-0.1, -0.05) is 0 Å². The minimum absolute atomic E-state index is 0.116. The minimum atomic E-state index is -0.116. The van der Waals surface area contributed by atoms with Crippen molar-refractivity contribution in [2.75, 3.05) is 33.0 Å². The monoisotopic (exact) mass is 243 g/mol. The summed E-state index contributed by atoms with van der Waals surface area (Å²) in [4.78, 5) is 0. The molecule has 0 spiro atoms. The van der Waals surface area contributed by atoms with E-state index in [1.165, 1.54) is 12.8 Å². The minimum Gasteiger partial charge on any atom is -0.381 e. The molecule has 2 aliphatic heterocycles. The molecule has 0 aromatic heterocycles. The van der Waals surface area contributed by atoms with E-state index in [0.717, 1.165) is 52.1 Å². The molecule has 2 heterocycles. The Morgan fingerprint density at radius 1 is 1.24 bits per heavy atom. The smallest absolute Gasteiger partial charge is 0.0847 e. The molecular weight excluding hydrogens is 218 g/mol. The fraction of sp³-hybridized carbons (Fsp3) is 1.00. The van der Waals surface area contributed by atoms with Crippen LogP contribution < -0.4 is 5.73 Å². The quantitative estimate of drug-likeness (QED) is 0.718. The van der Waals surface area contributed by atoms with Gasteiger partial charge in [0.05, 0.1) is 11.7 Å². The van der Waals surface area contributed by atoms with E-state index in [-0.39, 0.29) is 5.60 Å². The predicted octanol–water partition coefficient (Wildman–Crippen LogP) is 1.47. The van der Waals surface area contributed by atoms with Gasteiger partial charge in [-0.25, -0.2) is 0 Å². The molecule has 1 atom stereocenters. The van der Waals surface area contributed by atoms with Crippen LogP contribution in [0.1, 0.15) is 38.5 Å². The van der Waals surface area contributed by atoms with Crippen molar-refractivity contribution in [3.8, 4) is 0 Å². The SMILES string of the molecule is NCC1(OCCCC2CCCO2)CCOCC1. The zero-order chi connectivity index (χ0) is 12.0. The van der Waals surface area contributed by atoms with Crippen LogP contribution in [0.5, 0.6) is 0 Å². The summed E-state index contributed by atoms with van der Waals surface area (Å²) < 4.78 is 17.0. The van der Waals surface area contributed by atoms with Gasteiger partial charge in [-0.15, -0.1) is 0 Å². The fourth-order valence-electron chi connectivity index (χ4n) is 2.62. The van der Waals surface area contributed by atoms with E-state index in [9.17, 15) is 0 Å². The van der Waals surface area contributed by atoms with Gasteiger partial charge in [0.2, 0.25) is 0 Å². The van der Waals surface area contributed by atoms with Gasteiger partial charge >= 0.3 is 0 Å². The van der Waals surface area contributed by atoms with Crippen LogP contribution >= 0.6 is 0 Å². The highest BCUT2D eigenvalue weighted by Gasteiger charge is 2.31. The molecular formula is C13H25NO3. The molecule has 2 fully saturated rings. The zero-order valence-electron chi connectivity index (χ0n) is 10.7. The summed E-state index contributed by atoms with van der Waals surface area (Å²) in [6.07, 6.45) is 6.98. The van der Waals surface area contributed by atoms with E-state index in [1.54, 1.807) is 0 Å². The molecule has 0 bridgehead atoms. The molecule has 1 unspecified atom stereocenters. The van der Waals surface area contributed by atoms with Crippen molar-refractivity contribution in [1.82, 2.24) is 0 Å². The first-order valence-electron chi connectivity index (χ1n) is 6.88. The lowest BCUT2D eigenvalue weighted by molar-refractivity contribution is -0.106. The Morgan fingerprint density at radius 3 is 2.71 bits per heavy atom. The molecule has 2 aliphatic rings. The Morgan fingerprint density at radius 2 is 2.06 bits per heavy atom. The summed E-state index contributed by atoms with van der Waals surface area (Å²) in [5, 5.41) is 0. The highest BCUT2D eigenvalue weighted by Crippen LogP contribution is 2.25. The molecule has 2 N–H and O–H groups in total. The largest absolute Gasteiger partial charge is 0.381 e. The molecule has 4 nitrogen and oxygen atoms in total. The summed E-state index contributed by atoms with van der Waals surface area (Å²) in [5.74, 6) is 0. The van der Waals surface area contributed by atoms with E-state index in [0.29, 0.717) is 12.6 Å². The van der Waals surface area contributed by atoms with Crippen molar-refractivity contribution in [3.63, 3.8) is 0 Å². The van der Waals surface area contributed by atoms with Gasteiger partial charge in [0.25, 0.3) is 0 Å². The van der Waals surface area contributed by atoms with Gasteiger partial charge in [-0.3, -0.25) is 0 Å². The molecule has 2 saturated heterocycles. The van der Waals surface area contributed by atoms with Crippen molar-refractivity contribution < 1.29 is 14.2 Å². The van der Waals surface area contributed by atoms with Crippen LogP contribution in [-0.2, 0) is 14.2 Å². The second kappa shape index (κ2) is 6.69. The van der Waals surface area contributed by atoms with Crippen molar-refractivity contribution in [3.05, 3.63) is 0 Å². The Hall–Kier alpha value is -0.160. The van der Waals surface area contributed by atoms with Crippen molar-refractivity contribution >= 4 is 0 Å². The van der Waals surface area contributed by atoms with Gasteiger partial charge in [0.15, 0.2) is 0 Å². The topological polar surface area (TPSA) is 53.7 Å². The summed E-state index contributed by atoms with van der Waals surface area (Å²) in [6, 6.07) is 0. The summed E-state index contributed by atoms with van der Waals surface area (Å²) in [5.41, 5.74) is 5.72. The van der Waals surface area contributed by atoms with Gasteiger partial charge < -0.3 is 19.9 Å². The van der Waals surface area contributed by atoms with Gasteiger partial charge in [0.1, 0.15) is 0 Å². The third-order valence-electron chi connectivity index (χ3n) is 3.88. The summed E-state index contributed by atoms with van der Waals surface area (Å²) in [6.45, 7) is 3.91. The molecule has 2 rings (SSSR count). The highest BCUT2D eigenvalue weighted by molar-refractivity contribution is 4.84. The molecule has 0 saturated carbocycles. The maximum atomic E-state index is 6.02. The Bertz CT molecular complexity index is 211. The Balaban J connectivity index is 1.61. The van der Waals surface area contributed by atoms with Gasteiger partial charge in [-0.05, 0) is 25.7 Å². The lowest BCUT2D eigenvalue weighted by Gasteiger charge is -2.36. The van der Waals surface area contributed by atoms with E-state index in [2.05, 4.69) is 0 Å². The van der Waals surface area contributed by atoms with Crippen molar-refractivity contribution in [2.24, 2.45) is 5.73 Å². The summed E-state index contributed by atoms with van der Waals surface area (Å²) in [7, 11) is 0. The zero-order valence-corrected chi connectivity index (χ0v) is 10.7. The average molecular weight is 243 g/mol. The lowest BCUT2D eigenvalue weighted by atomic mass is 9.94. The Labute approximate surface area is 104 Å². The number of hydrogen-bond donors (Lipinski definition) is 1. The normalized spacial score (nSPS) is 28.4. The maximum Gasteiger partial charge on any atom is 0.0847 e. The Kier molecular flexibility index (Phi) is 5.22. The van der Waals surface area contributed by atoms with E-state index in [4.69, 9.17) is 19.9 Å². The molecule has 4 heteroatoms. The first-order valence-corrected chi connectivity index (χ1v) is 6.88. The lowest BCUT2D eigenvalue weighted by Crippen LogP contribution is -2.45. The number of nitrogens with two attached hydrogens (primary N) is 1. The third kappa shape index (κ3) is 3.91. The van der Waals surface area contributed by atoms with E-state index < -0.39 is 0 Å². The second-order valence-corrected chi connectivity index (χ2v) is 5.13. The van der Waals surface area contributed by atoms with E-state index >= 15 is 0 Å². The molecule has 0 amide bonds. The van der Waals surface area contributed by atoms with Crippen LogP contribution in [0.3, 0.4) is 0 Å². The average Bonchev–Trinajstić information content (AvgIpc) is 2.89. The molecule has 17 heavy (non-hydrogen) atoms. The van der Waals surface area contributed by atoms with Gasteiger partial charge in [-0.2, -0.15) is 0 Å². The van der Waals surface area contributed by atoms with Gasteiger partial charge in [0, 0.05) is 45.8 Å². The molecule has 0 radical (unpaired) electrons. The summed E-state index contributed by atoms with van der Waals surface area (Å²) >= 11 is 0. The number of rotatable bonds is 6. The standard InChI is InChI=1S/C13H25NO3/c14-11-13(5-9-15-10-6-13)17-8-2-4-12-3-1-7-16-12/h12H,1-11,14H2. The van der Waals surface area contributed by atoms with Crippen LogP contribution in [-0.4, -0.2) is 44.7 Å². The first kappa shape index (κ1) is 13.3. The molecule has 0 aromatic carbocycles. The molecule has 0 aliphatic carbocycles. The highest BCUT2D eigenvalue weighted by atomic mass is 16.5. The number of hydrogen-bond acceptors (Lipinski definition) is 4. The first-order chi connectivity index (χ1) is 8.35. The van der Waals surface area contributed by atoms with Crippen LogP contribution in [0.25, 0.3) is 0 Å². The molecule has 100 valence electrons. The van der Waals surface area contributed by atoms with E-state index in [1.807, 2.05) is 0 Å². The number of ether oxygens (including phenoxy) is 3. The van der Waals surface area contributed by atoms with Crippen LogP contribution in [0, 0.1) is 0 Å². The van der Waals surface area contributed by atoms with Crippen LogP contribution in [0.15, 0.2) is 0 Å². The van der Waals surface area contributed by atoms with Crippen LogP contribution in [0.4, 0.5) is 0 Å². The maximum absolute atomic E-state index is 6.02. The predicted molar refractivity (Wildman–Crippen MR) is 66.0 cm³/mol. The fourth-order valence-corrected chi connectivity index (χ4v) is 2.62. The van der Waals surface area contributed by atoms with Crippen molar-refractivity contribution in [2.45, 2.75) is 50.2 Å². The molecule has 0 aromatic rings. The second-order valence-electron chi connectivity index (χ2n) is 5.13. The van der Waals surface area contributed by atoms with Crippen molar-refractivity contribution in [1.29, 1.82) is 0 Å². The van der Waals surface area contributed by atoms with Crippen LogP contribution in [0.2, 0.25) is 0 Å².